The summed E-state index contributed by atoms with van der Waals surface area (Å²) in [5.74, 6) is -0.661. The molecule has 0 aromatic heterocycles. The van der Waals surface area contributed by atoms with Crippen molar-refractivity contribution in [2.24, 2.45) is 0 Å². The summed E-state index contributed by atoms with van der Waals surface area (Å²) in [5, 5.41) is 3.13. The molecular formula is C13H17ClFNO. The van der Waals surface area contributed by atoms with E-state index >= 15 is 0 Å². The molecule has 1 amide bonds. The summed E-state index contributed by atoms with van der Waals surface area (Å²) in [7, 11) is 0. The Labute approximate surface area is 106 Å². The predicted octanol–water partition coefficient (Wildman–Crippen LogP) is 3.33. The van der Waals surface area contributed by atoms with Crippen molar-refractivity contribution in [3.05, 3.63) is 34.6 Å². The normalized spacial score (nSPS) is 11.4. The van der Waals surface area contributed by atoms with Gasteiger partial charge < -0.3 is 5.32 Å². The quantitative estimate of drug-likeness (QED) is 0.881. The van der Waals surface area contributed by atoms with Crippen molar-refractivity contribution in [2.45, 2.75) is 39.2 Å². The highest BCUT2D eigenvalue weighted by atomic mass is 35.5. The second-order valence-corrected chi connectivity index (χ2v) is 5.07. The summed E-state index contributed by atoms with van der Waals surface area (Å²) in [5.41, 5.74) is -0.0342. The van der Waals surface area contributed by atoms with E-state index in [1.54, 1.807) is 6.07 Å². The van der Waals surface area contributed by atoms with Crippen LogP contribution in [-0.4, -0.2) is 11.4 Å². The zero-order valence-corrected chi connectivity index (χ0v) is 11.1. The van der Waals surface area contributed by atoms with Crippen molar-refractivity contribution in [2.75, 3.05) is 0 Å². The maximum absolute atomic E-state index is 13.5. The van der Waals surface area contributed by atoms with Crippen LogP contribution in [0.2, 0.25) is 5.02 Å². The highest BCUT2D eigenvalue weighted by molar-refractivity contribution is 6.31. The van der Waals surface area contributed by atoms with Crippen LogP contribution in [0.4, 0.5) is 4.39 Å². The Hall–Kier alpha value is -1.09. The molecule has 0 aliphatic carbocycles. The number of rotatable bonds is 4. The van der Waals surface area contributed by atoms with Gasteiger partial charge in [-0.2, -0.15) is 0 Å². The topological polar surface area (TPSA) is 29.1 Å². The molecule has 1 aromatic carbocycles. The van der Waals surface area contributed by atoms with E-state index in [0.717, 1.165) is 6.42 Å². The number of carbonyl (C=O) groups excluding carboxylic acids is 1. The van der Waals surface area contributed by atoms with E-state index in [4.69, 9.17) is 11.6 Å². The van der Waals surface area contributed by atoms with Gasteiger partial charge >= 0.3 is 0 Å². The molecule has 1 aromatic rings. The van der Waals surface area contributed by atoms with Gasteiger partial charge in [-0.15, -0.1) is 0 Å². The zero-order chi connectivity index (χ0) is 13.1. The van der Waals surface area contributed by atoms with E-state index in [2.05, 4.69) is 5.32 Å². The summed E-state index contributed by atoms with van der Waals surface area (Å²) < 4.78 is 13.5. The van der Waals surface area contributed by atoms with Crippen LogP contribution in [0.3, 0.4) is 0 Å². The minimum Gasteiger partial charge on any atom is -0.351 e. The zero-order valence-electron chi connectivity index (χ0n) is 10.3. The van der Waals surface area contributed by atoms with Crippen molar-refractivity contribution in [1.29, 1.82) is 0 Å². The van der Waals surface area contributed by atoms with Gasteiger partial charge in [-0.25, -0.2) is 4.39 Å². The minimum atomic E-state index is -0.443. The van der Waals surface area contributed by atoms with Crippen molar-refractivity contribution in [3.63, 3.8) is 0 Å². The molecule has 0 unspecified atom stereocenters. The van der Waals surface area contributed by atoms with Gasteiger partial charge in [-0.3, -0.25) is 4.79 Å². The van der Waals surface area contributed by atoms with Gasteiger partial charge in [0.15, 0.2) is 0 Å². The van der Waals surface area contributed by atoms with Crippen molar-refractivity contribution >= 4 is 17.5 Å². The third kappa shape index (κ3) is 4.00. The first-order valence-electron chi connectivity index (χ1n) is 5.59. The summed E-state index contributed by atoms with van der Waals surface area (Å²) in [6.07, 6.45) is 0.776. The molecule has 4 heteroatoms. The van der Waals surface area contributed by atoms with E-state index in [9.17, 15) is 9.18 Å². The Bertz CT molecular complexity index is 398. The van der Waals surface area contributed by atoms with Gasteiger partial charge in [-0.05, 0) is 32.4 Å². The number of carbonyl (C=O) groups is 1. The largest absolute Gasteiger partial charge is 0.351 e. The van der Waals surface area contributed by atoms with E-state index in [0.29, 0.717) is 0 Å². The van der Waals surface area contributed by atoms with Gasteiger partial charge in [0.2, 0.25) is 5.91 Å². The molecule has 0 bridgehead atoms. The maximum atomic E-state index is 13.5. The molecular weight excluding hydrogens is 241 g/mol. The number of hydrogen-bond acceptors (Lipinski definition) is 1. The highest BCUT2D eigenvalue weighted by Crippen LogP contribution is 2.19. The lowest BCUT2D eigenvalue weighted by atomic mass is 10.0. The van der Waals surface area contributed by atoms with Gasteiger partial charge in [0.05, 0.1) is 6.42 Å². The number of hydrogen-bond donors (Lipinski definition) is 1. The van der Waals surface area contributed by atoms with E-state index in [-0.39, 0.29) is 28.5 Å². The van der Waals surface area contributed by atoms with Crippen LogP contribution in [0, 0.1) is 5.82 Å². The fraction of sp³-hybridized carbons (Fsp3) is 0.462. The number of nitrogens with one attached hydrogen (secondary N) is 1. The molecule has 0 saturated heterocycles. The molecule has 0 aliphatic heterocycles. The van der Waals surface area contributed by atoms with Crippen LogP contribution in [0.1, 0.15) is 32.8 Å². The lowest BCUT2D eigenvalue weighted by molar-refractivity contribution is -0.122. The van der Waals surface area contributed by atoms with E-state index < -0.39 is 5.82 Å². The monoisotopic (exact) mass is 257 g/mol. The van der Waals surface area contributed by atoms with Crippen molar-refractivity contribution in [1.82, 2.24) is 5.32 Å². The van der Waals surface area contributed by atoms with Gasteiger partial charge in [0.1, 0.15) is 5.82 Å². The average molecular weight is 258 g/mol. The van der Waals surface area contributed by atoms with E-state index in [1.807, 2.05) is 20.8 Å². The van der Waals surface area contributed by atoms with Gasteiger partial charge in [-0.1, -0.05) is 24.6 Å². The summed E-state index contributed by atoms with van der Waals surface area (Å²) in [6, 6.07) is 4.41. The average Bonchev–Trinajstić information content (AvgIpc) is 2.23. The van der Waals surface area contributed by atoms with Crippen LogP contribution in [-0.2, 0) is 11.2 Å². The van der Waals surface area contributed by atoms with Crippen LogP contribution in [0.15, 0.2) is 18.2 Å². The van der Waals surface area contributed by atoms with Crippen LogP contribution in [0.5, 0.6) is 0 Å². The Kier molecular flexibility index (Phi) is 4.52. The second kappa shape index (κ2) is 5.50. The number of amides is 1. The Balaban J connectivity index is 2.75. The first-order valence-corrected chi connectivity index (χ1v) is 5.97. The molecule has 1 rings (SSSR count). The predicted molar refractivity (Wildman–Crippen MR) is 67.6 cm³/mol. The fourth-order valence-electron chi connectivity index (χ4n) is 1.37. The third-order valence-electron chi connectivity index (χ3n) is 2.76. The highest BCUT2D eigenvalue weighted by Gasteiger charge is 2.19. The molecule has 0 fully saturated rings. The molecule has 0 radical (unpaired) electrons. The molecule has 0 aliphatic rings. The molecule has 0 atom stereocenters. The van der Waals surface area contributed by atoms with Gasteiger partial charge in [0, 0.05) is 16.1 Å². The molecule has 94 valence electrons. The number of benzene rings is 1. The SMILES string of the molecule is CCC(C)(C)NC(=O)Cc1c(F)cccc1Cl. The van der Waals surface area contributed by atoms with Gasteiger partial charge in [0.25, 0.3) is 0 Å². The Morgan fingerprint density at radius 1 is 1.47 bits per heavy atom. The maximum Gasteiger partial charge on any atom is 0.224 e. The fourth-order valence-corrected chi connectivity index (χ4v) is 1.60. The van der Waals surface area contributed by atoms with Crippen LogP contribution >= 0.6 is 11.6 Å². The standard InChI is InChI=1S/C13H17ClFNO/c1-4-13(2,3)16-12(17)8-9-10(14)6-5-7-11(9)15/h5-7H,4,8H2,1-3H3,(H,16,17). The summed E-state index contributed by atoms with van der Waals surface area (Å²) in [6.45, 7) is 5.83. The summed E-state index contributed by atoms with van der Waals surface area (Å²) >= 11 is 5.86. The van der Waals surface area contributed by atoms with Crippen LogP contribution < -0.4 is 5.32 Å². The summed E-state index contributed by atoms with van der Waals surface area (Å²) in [4.78, 5) is 11.8. The molecule has 0 spiro atoms. The smallest absolute Gasteiger partial charge is 0.224 e. The molecule has 0 heterocycles. The van der Waals surface area contributed by atoms with E-state index in [1.165, 1.54) is 12.1 Å². The van der Waals surface area contributed by atoms with Crippen LogP contribution in [0.25, 0.3) is 0 Å². The minimum absolute atomic E-state index is 0.0328. The molecule has 1 N–H and O–H groups in total. The first-order chi connectivity index (χ1) is 7.85. The second-order valence-electron chi connectivity index (χ2n) is 4.66. The Morgan fingerprint density at radius 3 is 2.65 bits per heavy atom. The molecule has 17 heavy (non-hydrogen) atoms. The van der Waals surface area contributed by atoms with Crippen molar-refractivity contribution < 1.29 is 9.18 Å². The third-order valence-corrected chi connectivity index (χ3v) is 3.11. The number of halogens is 2. The molecule has 2 nitrogen and oxygen atoms in total. The van der Waals surface area contributed by atoms with Crippen molar-refractivity contribution in [3.8, 4) is 0 Å². The Morgan fingerprint density at radius 2 is 2.12 bits per heavy atom. The lowest BCUT2D eigenvalue weighted by Gasteiger charge is -2.24. The lowest BCUT2D eigenvalue weighted by Crippen LogP contribution is -2.43. The molecule has 0 saturated carbocycles. The first kappa shape index (κ1) is 14.0.